The topological polar surface area (TPSA) is 84.9 Å². The Labute approximate surface area is 182 Å². The number of anilines is 2. The molecule has 1 fully saturated rings. The van der Waals surface area contributed by atoms with Crippen molar-refractivity contribution in [3.8, 4) is 5.75 Å². The maximum absolute atomic E-state index is 12.1. The predicted octanol–water partition coefficient (Wildman–Crippen LogP) is 3.81. The lowest BCUT2D eigenvalue weighted by atomic mass is 10.0. The lowest BCUT2D eigenvalue weighted by Crippen LogP contribution is -2.24. The summed E-state index contributed by atoms with van der Waals surface area (Å²) in [6.45, 7) is 6.11. The van der Waals surface area contributed by atoms with E-state index in [1.807, 2.05) is 25.1 Å². The van der Waals surface area contributed by atoms with Gasteiger partial charge in [0.25, 0.3) is 5.91 Å². The largest absolute Gasteiger partial charge is 0.482 e. The van der Waals surface area contributed by atoms with E-state index in [1.54, 1.807) is 29.2 Å². The normalized spacial score (nSPS) is 13.4. The molecule has 7 heteroatoms. The number of nitrogens with zero attached hydrogens (tertiary/aromatic N) is 1. The zero-order valence-electron chi connectivity index (χ0n) is 18.1. The van der Waals surface area contributed by atoms with Gasteiger partial charge in [0.15, 0.2) is 13.2 Å². The first-order chi connectivity index (χ1) is 14.8. The highest BCUT2D eigenvalue weighted by molar-refractivity contribution is 5.96. The monoisotopic (exact) mass is 424 g/mol. The van der Waals surface area contributed by atoms with Gasteiger partial charge in [0, 0.05) is 24.3 Å². The summed E-state index contributed by atoms with van der Waals surface area (Å²) in [5, 5.41) is 2.67. The SMILES string of the molecule is Cc1ccc(C(C)C)cc1OCC(=O)OCC(=O)Nc1ccc(N2CCCC2=O)cc1. The van der Waals surface area contributed by atoms with Crippen molar-refractivity contribution in [1.29, 1.82) is 0 Å². The highest BCUT2D eigenvalue weighted by atomic mass is 16.6. The summed E-state index contributed by atoms with van der Waals surface area (Å²) in [5.74, 6) is 0.0217. The molecule has 0 bridgehead atoms. The zero-order valence-corrected chi connectivity index (χ0v) is 18.1. The second-order valence-corrected chi connectivity index (χ2v) is 7.87. The molecular weight excluding hydrogens is 396 g/mol. The summed E-state index contributed by atoms with van der Waals surface area (Å²) in [6, 6.07) is 12.9. The van der Waals surface area contributed by atoms with Gasteiger partial charge in [0.05, 0.1) is 0 Å². The van der Waals surface area contributed by atoms with Crippen LogP contribution in [0.5, 0.6) is 5.75 Å². The molecule has 1 aliphatic rings. The number of aryl methyl sites for hydroxylation is 1. The minimum atomic E-state index is -0.618. The minimum Gasteiger partial charge on any atom is -0.482 e. The lowest BCUT2D eigenvalue weighted by Gasteiger charge is -2.16. The number of ether oxygens (including phenoxy) is 2. The van der Waals surface area contributed by atoms with E-state index in [2.05, 4.69) is 19.2 Å². The molecule has 7 nitrogen and oxygen atoms in total. The number of nitrogens with one attached hydrogen (secondary N) is 1. The maximum atomic E-state index is 12.1. The molecule has 0 spiro atoms. The van der Waals surface area contributed by atoms with Crippen LogP contribution in [0.2, 0.25) is 0 Å². The molecule has 1 saturated heterocycles. The van der Waals surface area contributed by atoms with Crippen LogP contribution in [0.3, 0.4) is 0 Å². The van der Waals surface area contributed by atoms with Gasteiger partial charge in [0.2, 0.25) is 5.91 Å². The van der Waals surface area contributed by atoms with Gasteiger partial charge in [-0.3, -0.25) is 9.59 Å². The quantitative estimate of drug-likeness (QED) is 0.652. The molecule has 2 aromatic carbocycles. The standard InChI is InChI=1S/C24H28N2O5/c1-16(2)18-7-6-17(3)21(13-18)30-15-24(29)31-14-22(27)25-19-8-10-20(11-9-19)26-12-4-5-23(26)28/h6-11,13,16H,4-5,12,14-15H2,1-3H3,(H,25,27). The van der Waals surface area contributed by atoms with E-state index in [1.165, 1.54) is 0 Å². The summed E-state index contributed by atoms with van der Waals surface area (Å²) in [5.41, 5.74) is 3.41. The van der Waals surface area contributed by atoms with Gasteiger partial charge < -0.3 is 19.7 Å². The highest BCUT2D eigenvalue weighted by Gasteiger charge is 2.21. The fourth-order valence-electron chi connectivity index (χ4n) is 3.30. The summed E-state index contributed by atoms with van der Waals surface area (Å²) in [6.07, 6.45) is 1.42. The van der Waals surface area contributed by atoms with Crippen molar-refractivity contribution in [3.05, 3.63) is 53.6 Å². The first kappa shape index (κ1) is 22.3. The third-order valence-corrected chi connectivity index (χ3v) is 5.12. The molecule has 2 aromatic rings. The number of carbonyl (C=O) groups is 3. The van der Waals surface area contributed by atoms with E-state index >= 15 is 0 Å². The maximum Gasteiger partial charge on any atom is 0.344 e. The van der Waals surface area contributed by atoms with Crippen LogP contribution in [0.15, 0.2) is 42.5 Å². The molecule has 31 heavy (non-hydrogen) atoms. The Morgan fingerprint density at radius 2 is 1.84 bits per heavy atom. The fourth-order valence-corrected chi connectivity index (χ4v) is 3.30. The van der Waals surface area contributed by atoms with Crippen molar-refractivity contribution in [2.45, 2.75) is 39.5 Å². The van der Waals surface area contributed by atoms with Crippen molar-refractivity contribution in [2.75, 3.05) is 30.0 Å². The Morgan fingerprint density at radius 3 is 2.48 bits per heavy atom. The van der Waals surface area contributed by atoms with Crippen LogP contribution in [0.1, 0.15) is 43.7 Å². The number of benzene rings is 2. The molecule has 164 valence electrons. The van der Waals surface area contributed by atoms with Crippen LogP contribution in [-0.2, 0) is 19.1 Å². The third-order valence-electron chi connectivity index (χ3n) is 5.12. The van der Waals surface area contributed by atoms with Crippen LogP contribution in [0.25, 0.3) is 0 Å². The molecule has 1 aliphatic heterocycles. The smallest absolute Gasteiger partial charge is 0.344 e. The molecule has 1 heterocycles. The van der Waals surface area contributed by atoms with Crippen LogP contribution < -0.4 is 15.0 Å². The van der Waals surface area contributed by atoms with Crippen molar-refractivity contribution in [1.82, 2.24) is 0 Å². The molecule has 0 aliphatic carbocycles. The number of hydrogen-bond acceptors (Lipinski definition) is 5. The molecule has 0 radical (unpaired) electrons. The molecule has 0 atom stereocenters. The van der Waals surface area contributed by atoms with E-state index in [0.717, 1.165) is 23.2 Å². The van der Waals surface area contributed by atoms with Crippen LogP contribution >= 0.6 is 0 Å². The highest BCUT2D eigenvalue weighted by Crippen LogP contribution is 2.25. The lowest BCUT2D eigenvalue weighted by molar-refractivity contribution is -0.149. The number of rotatable bonds is 8. The van der Waals surface area contributed by atoms with Gasteiger partial charge in [-0.2, -0.15) is 0 Å². The van der Waals surface area contributed by atoms with Crippen LogP contribution in [0.4, 0.5) is 11.4 Å². The Balaban J connectivity index is 1.44. The van der Waals surface area contributed by atoms with Gasteiger partial charge in [0.1, 0.15) is 5.75 Å². The first-order valence-electron chi connectivity index (χ1n) is 10.4. The Hall–Kier alpha value is -3.35. The van der Waals surface area contributed by atoms with E-state index in [9.17, 15) is 14.4 Å². The molecule has 1 N–H and O–H groups in total. The van der Waals surface area contributed by atoms with Gasteiger partial charge in [-0.05, 0) is 60.7 Å². The molecule has 0 aromatic heterocycles. The van der Waals surface area contributed by atoms with Crippen LogP contribution in [-0.4, -0.2) is 37.5 Å². The third kappa shape index (κ3) is 6.07. The second kappa shape index (κ2) is 10.1. The van der Waals surface area contributed by atoms with Crippen molar-refractivity contribution in [3.63, 3.8) is 0 Å². The van der Waals surface area contributed by atoms with E-state index < -0.39 is 18.5 Å². The van der Waals surface area contributed by atoms with Crippen molar-refractivity contribution >= 4 is 29.2 Å². The van der Waals surface area contributed by atoms with Gasteiger partial charge in [-0.1, -0.05) is 26.0 Å². The number of esters is 1. The summed E-state index contributed by atoms with van der Waals surface area (Å²) >= 11 is 0. The van der Waals surface area contributed by atoms with E-state index in [0.29, 0.717) is 30.3 Å². The Morgan fingerprint density at radius 1 is 1.10 bits per heavy atom. The number of amides is 2. The molecule has 3 rings (SSSR count). The fraction of sp³-hybridized carbons (Fsp3) is 0.375. The van der Waals surface area contributed by atoms with E-state index in [-0.39, 0.29) is 12.5 Å². The van der Waals surface area contributed by atoms with E-state index in [4.69, 9.17) is 9.47 Å². The minimum absolute atomic E-state index is 0.108. The summed E-state index contributed by atoms with van der Waals surface area (Å²) in [4.78, 5) is 37.5. The molecule has 0 unspecified atom stereocenters. The second-order valence-electron chi connectivity index (χ2n) is 7.87. The first-order valence-corrected chi connectivity index (χ1v) is 10.4. The average Bonchev–Trinajstić information content (AvgIpc) is 3.18. The molecule has 0 saturated carbocycles. The van der Waals surface area contributed by atoms with Crippen molar-refractivity contribution < 1.29 is 23.9 Å². The van der Waals surface area contributed by atoms with Gasteiger partial charge in [-0.25, -0.2) is 4.79 Å². The predicted molar refractivity (Wildman–Crippen MR) is 118 cm³/mol. The zero-order chi connectivity index (χ0) is 22.4. The van der Waals surface area contributed by atoms with Crippen LogP contribution in [0, 0.1) is 6.92 Å². The molecule has 2 amide bonds. The number of hydrogen-bond donors (Lipinski definition) is 1. The summed E-state index contributed by atoms with van der Waals surface area (Å²) in [7, 11) is 0. The Kier molecular flexibility index (Phi) is 7.28. The van der Waals surface area contributed by atoms with Crippen molar-refractivity contribution in [2.24, 2.45) is 0 Å². The van der Waals surface area contributed by atoms with Gasteiger partial charge >= 0.3 is 5.97 Å². The molecular formula is C24H28N2O5. The number of carbonyl (C=O) groups excluding carboxylic acids is 3. The van der Waals surface area contributed by atoms with Gasteiger partial charge in [-0.15, -0.1) is 0 Å². The average molecular weight is 424 g/mol. The summed E-state index contributed by atoms with van der Waals surface area (Å²) < 4.78 is 10.6. The Bertz CT molecular complexity index is 953.